The first-order valence-electron chi connectivity index (χ1n) is 6.91. The predicted molar refractivity (Wildman–Crippen MR) is 69.6 cm³/mol. The monoisotopic (exact) mass is 227 g/mol. The van der Waals surface area contributed by atoms with E-state index in [-0.39, 0.29) is 0 Å². The van der Waals surface area contributed by atoms with Gasteiger partial charge in [-0.25, -0.2) is 0 Å². The molecule has 3 unspecified atom stereocenters. The number of rotatable bonds is 6. The van der Waals surface area contributed by atoms with Crippen molar-refractivity contribution in [3.8, 4) is 0 Å². The van der Waals surface area contributed by atoms with E-state index in [1.54, 1.807) is 0 Å². The van der Waals surface area contributed by atoms with Crippen LogP contribution in [-0.2, 0) is 4.74 Å². The van der Waals surface area contributed by atoms with Crippen LogP contribution in [0.25, 0.3) is 0 Å². The molecule has 1 aliphatic heterocycles. The summed E-state index contributed by atoms with van der Waals surface area (Å²) in [6, 6.07) is 0.661. The van der Waals surface area contributed by atoms with E-state index in [0.29, 0.717) is 24.0 Å². The Kier molecular flexibility index (Phi) is 5.77. The van der Waals surface area contributed by atoms with Crippen molar-refractivity contribution in [2.75, 3.05) is 13.2 Å². The van der Waals surface area contributed by atoms with Crippen molar-refractivity contribution >= 4 is 0 Å². The van der Waals surface area contributed by atoms with Crippen molar-refractivity contribution in [1.82, 2.24) is 5.32 Å². The first-order valence-corrected chi connectivity index (χ1v) is 6.91. The quantitative estimate of drug-likeness (QED) is 0.753. The van der Waals surface area contributed by atoms with E-state index in [9.17, 15) is 0 Å². The summed E-state index contributed by atoms with van der Waals surface area (Å²) in [6.07, 6.45) is 2.92. The summed E-state index contributed by atoms with van der Waals surface area (Å²) in [7, 11) is 0. The summed E-state index contributed by atoms with van der Waals surface area (Å²) in [5, 5.41) is 3.72. The third-order valence-electron chi connectivity index (χ3n) is 3.81. The molecule has 0 radical (unpaired) electrons. The molecule has 0 saturated carbocycles. The lowest BCUT2D eigenvalue weighted by Gasteiger charge is -2.26. The van der Waals surface area contributed by atoms with Gasteiger partial charge in [-0.15, -0.1) is 0 Å². The molecule has 0 aromatic heterocycles. The Morgan fingerprint density at radius 1 is 1.25 bits per heavy atom. The van der Waals surface area contributed by atoms with E-state index < -0.39 is 0 Å². The van der Waals surface area contributed by atoms with Crippen LogP contribution < -0.4 is 5.32 Å². The Morgan fingerprint density at radius 3 is 2.44 bits per heavy atom. The molecule has 0 amide bonds. The second-order valence-electron chi connectivity index (χ2n) is 5.80. The lowest BCUT2D eigenvalue weighted by atomic mass is 9.92. The molecule has 0 aromatic rings. The first kappa shape index (κ1) is 14.0. The second-order valence-corrected chi connectivity index (χ2v) is 5.80. The van der Waals surface area contributed by atoms with E-state index in [2.05, 4.69) is 39.9 Å². The fraction of sp³-hybridized carbons (Fsp3) is 1.00. The predicted octanol–water partition coefficient (Wildman–Crippen LogP) is 3.07. The number of ether oxygens (including phenoxy) is 1. The van der Waals surface area contributed by atoms with Crippen LogP contribution in [-0.4, -0.2) is 25.3 Å². The Bertz CT molecular complexity index is 191. The van der Waals surface area contributed by atoms with Gasteiger partial charge in [0.15, 0.2) is 0 Å². The molecule has 0 aromatic carbocycles. The van der Waals surface area contributed by atoms with Crippen LogP contribution in [0, 0.1) is 17.8 Å². The van der Waals surface area contributed by atoms with Crippen LogP contribution in [0.2, 0.25) is 0 Å². The highest BCUT2D eigenvalue weighted by atomic mass is 16.5. The van der Waals surface area contributed by atoms with Gasteiger partial charge in [-0.1, -0.05) is 34.6 Å². The third kappa shape index (κ3) is 3.74. The van der Waals surface area contributed by atoms with Crippen molar-refractivity contribution in [3.63, 3.8) is 0 Å². The highest BCUT2D eigenvalue weighted by Gasteiger charge is 2.30. The molecule has 1 heterocycles. The average molecular weight is 227 g/mol. The molecule has 96 valence electrons. The minimum atomic E-state index is 0.470. The number of hydrogen-bond donors (Lipinski definition) is 1. The van der Waals surface area contributed by atoms with E-state index in [0.717, 1.165) is 19.1 Å². The van der Waals surface area contributed by atoms with Gasteiger partial charge in [0, 0.05) is 19.2 Å². The molecule has 0 bridgehead atoms. The van der Waals surface area contributed by atoms with Gasteiger partial charge in [0.2, 0.25) is 0 Å². The smallest absolute Gasteiger partial charge is 0.0639 e. The van der Waals surface area contributed by atoms with Crippen molar-refractivity contribution < 1.29 is 4.74 Å². The maximum absolute atomic E-state index is 5.81. The summed E-state index contributed by atoms with van der Waals surface area (Å²) in [4.78, 5) is 0. The molecule has 3 atom stereocenters. The molecular weight excluding hydrogens is 198 g/mol. The van der Waals surface area contributed by atoms with Crippen molar-refractivity contribution in [3.05, 3.63) is 0 Å². The van der Waals surface area contributed by atoms with Crippen LogP contribution in [0.4, 0.5) is 0 Å². The fourth-order valence-electron chi connectivity index (χ4n) is 2.77. The third-order valence-corrected chi connectivity index (χ3v) is 3.81. The Morgan fingerprint density at radius 2 is 1.94 bits per heavy atom. The first-order chi connectivity index (χ1) is 7.56. The van der Waals surface area contributed by atoms with Crippen LogP contribution >= 0.6 is 0 Å². The second kappa shape index (κ2) is 6.61. The molecule has 16 heavy (non-hydrogen) atoms. The summed E-state index contributed by atoms with van der Waals surface area (Å²) >= 11 is 0. The molecular formula is C14H29NO. The Labute approximate surface area is 101 Å². The van der Waals surface area contributed by atoms with Crippen molar-refractivity contribution in [2.45, 2.75) is 59.6 Å². The molecule has 2 nitrogen and oxygen atoms in total. The molecule has 1 fully saturated rings. The van der Waals surface area contributed by atoms with Gasteiger partial charge < -0.3 is 10.1 Å². The molecule has 1 rings (SSSR count). The maximum Gasteiger partial charge on any atom is 0.0639 e. The fourth-order valence-corrected chi connectivity index (χ4v) is 2.77. The average Bonchev–Trinajstić information content (AvgIpc) is 2.66. The van der Waals surface area contributed by atoms with E-state index in [4.69, 9.17) is 4.74 Å². The minimum Gasteiger partial charge on any atom is -0.378 e. The van der Waals surface area contributed by atoms with Crippen LogP contribution in [0.1, 0.15) is 47.5 Å². The zero-order chi connectivity index (χ0) is 12.1. The highest BCUT2D eigenvalue weighted by Crippen LogP contribution is 2.26. The maximum atomic E-state index is 5.81. The minimum absolute atomic E-state index is 0.470. The molecule has 1 aliphatic rings. The van der Waals surface area contributed by atoms with Gasteiger partial charge >= 0.3 is 0 Å². The van der Waals surface area contributed by atoms with Gasteiger partial charge in [-0.05, 0) is 30.6 Å². The van der Waals surface area contributed by atoms with Gasteiger partial charge in [-0.3, -0.25) is 0 Å². The molecule has 0 spiro atoms. The summed E-state index contributed by atoms with van der Waals surface area (Å²) in [6.45, 7) is 13.5. The van der Waals surface area contributed by atoms with Crippen LogP contribution in [0.5, 0.6) is 0 Å². The van der Waals surface area contributed by atoms with Crippen molar-refractivity contribution in [2.24, 2.45) is 17.8 Å². The van der Waals surface area contributed by atoms with E-state index >= 15 is 0 Å². The lowest BCUT2D eigenvalue weighted by molar-refractivity contribution is 0.0530. The van der Waals surface area contributed by atoms with Gasteiger partial charge in [0.1, 0.15) is 0 Å². The molecule has 1 N–H and O–H groups in total. The molecule has 2 heteroatoms. The largest absolute Gasteiger partial charge is 0.378 e. The Balaban J connectivity index is 2.36. The summed E-state index contributed by atoms with van der Waals surface area (Å²) in [5.74, 6) is 2.09. The van der Waals surface area contributed by atoms with Crippen molar-refractivity contribution in [1.29, 1.82) is 0 Å². The van der Waals surface area contributed by atoms with Gasteiger partial charge in [0.25, 0.3) is 0 Å². The number of hydrogen-bond acceptors (Lipinski definition) is 2. The van der Waals surface area contributed by atoms with Gasteiger partial charge in [-0.2, -0.15) is 0 Å². The number of nitrogens with one attached hydrogen (secondary N) is 1. The van der Waals surface area contributed by atoms with Gasteiger partial charge in [0.05, 0.1) is 6.10 Å². The summed E-state index contributed by atoms with van der Waals surface area (Å²) < 4.78 is 5.81. The summed E-state index contributed by atoms with van der Waals surface area (Å²) in [5.41, 5.74) is 0. The topological polar surface area (TPSA) is 21.3 Å². The van der Waals surface area contributed by atoms with Crippen LogP contribution in [0.3, 0.4) is 0 Å². The molecule has 0 aliphatic carbocycles. The standard InChI is InChI=1S/C14H29NO/c1-6-13(10(2)3)15-9-12-7-8-16-14(12)11(4)5/h10-15H,6-9H2,1-5H3. The SMILES string of the molecule is CCC(NCC1CCOC1C(C)C)C(C)C. The normalized spacial score (nSPS) is 27.9. The molecule has 1 saturated heterocycles. The lowest BCUT2D eigenvalue weighted by Crippen LogP contribution is -2.39. The highest BCUT2D eigenvalue weighted by molar-refractivity contribution is 4.82. The zero-order valence-electron chi connectivity index (χ0n) is 11.6. The van der Waals surface area contributed by atoms with E-state index in [1.165, 1.54) is 12.8 Å². The van der Waals surface area contributed by atoms with E-state index in [1.807, 2.05) is 0 Å². The zero-order valence-corrected chi connectivity index (χ0v) is 11.6. The van der Waals surface area contributed by atoms with Crippen LogP contribution in [0.15, 0.2) is 0 Å². The Hall–Kier alpha value is -0.0800.